The summed E-state index contributed by atoms with van der Waals surface area (Å²) in [5.41, 5.74) is 1.78. The van der Waals surface area contributed by atoms with E-state index in [1.54, 1.807) is 12.1 Å². The van der Waals surface area contributed by atoms with Gasteiger partial charge in [-0.15, -0.1) is 0 Å². The van der Waals surface area contributed by atoms with E-state index < -0.39 is 17.0 Å². The van der Waals surface area contributed by atoms with Crippen LogP contribution in [0.3, 0.4) is 0 Å². The molecule has 1 heterocycles. The number of hydrogen-bond acceptors (Lipinski definition) is 3. The third-order valence-electron chi connectivity index (χ3n) is 4.08. The fourth-order valence-electron chi connectivity index (χ4n) is 2.66. The molecule has 3 rings (SSSR count). The first-order valence-electron chi connectivity index (χ1n) is 8.32. The summed E-state index contributed by atoms with van der Waals surface area (Å²) in [6.45, 7) is 2.13. The predicted molar refractivity (Wildman–Crippen MR) is 105 cm³/mol. The summed E-state index contributed by atoms with van der Waals surface area (Å²) in [5, 5.41) is -0.216. The van der Waals surface area contributed by atoms with Gasteiger partial charge in [-0.2, -0.15) is 0 Å². The normalized spacial score (nSPS) is 16.0. The molecule has 0 atom stereocenters. The lowest BCUT2D eigenvalue weighted by molar-refractivity contribution is -0.113. The molecule has 0 radical (unpaired) electrons. The van der Waals surface area contributed by atoms with Gasteiger partial charge in [0.05, 0.1) is 15.6 Å². The van der Waals surface area contributed by atoms with E-state index in [2.05, 4.69) is 6.92 Å². The van der Waals surface area contributed by atoms with Crippen LogP contribution in [0.15, 0.2) is 47.4 Å². The third kappa shape index (κ3) is 3.84. The SMILES string of the molecule is CCCCc1ccc(N2C(=O)S/C(=C\c3c(F)cccc3Cl)C2=O)cc1. The Labute approximate surface area is 160 Å². The number of carbonyl (C=O) groups is 2. The average Bonchev–Trinajstić information content (AvgIpc) is 2.90. The Hall–Kier alpha value is -2.11. The van der Waals surface area contributed by atoms with Gasteiger partial charge in [0, 0.05) is 5.56 Å². The van der Waals surface area contributed by atoms with Gasteiger partial charge in [0.2, 0.25) is 0 Å². The lowest BCUT2D eigenvalue weighted by Crippen LogP contribution is -2.27. The summed E-state index contributed by atoms with van der Waals surface area (Å²) in [5.74, 6) is -1.01. The Kier molecular flexibility index (Phi) is 5.79. The van der Waals surface area contributed by atoms with E-state index in [4.69, 9.17) is 11.6 Å². The van der Waals surface area contributed by atoms with Crippen LogP contribution < -0.4 is 4.90 Å². The minimum absolute atomic E-state index is 0.106. The average molecular weight is 390 g/mol. The molecule has 1 saturated heterocycles. The quantitative estimate of drug-likeness (QED) is 0.583. The zero-order valence-electron chi connectivity index (χ0n) is 14.2. The number of thioether (sulfide) groups is 1. The van der Waals surface area contributed by atoms with Gasteiger partial charge < -0.3 is 0 Å². The van der Waals surface area contributed by atoms with E-state index in [1.165, 1.54) is 24.3 Å². The fraction of sp³-hybridized carbons (Fsp3) is 0.200. The molecule has 2 aromatic rings. The van der Waals surface area contributed by atoms with Gasteiger partial charge in [0.15, 0.2) is 0 Å². The second kappa shape index (κ2) is 8.06. The standard InChI is InChI=1S/C20H17ClFNO2S/c1-2-3-5-13-8-10-14(11-9-13)23-19(24)18(26-20(23)25)12-15-16(21)6-4-7-17(15)22/h4,6-12H,2-3,5H2,1H3/b18-12-. The van der Waals surface area contributed by atoms with Crippen LogP contribution in [0.25, 0.3) is 6.08 Å². The molecule has 3 nitrogen and oxygen atoms in total. The Morgan fingerprint density at radius 2 is 1.88 bits per heavy atom. The highest BCUT2D eigenvalue weighted by atomic mass is 35.5. The molecule has 2 aromatic carbocycles. The van der Waals surface area contributed by atoms with Gasteiger partial charge >= 0.3 is 0 Å². The molecule has 0 aromatic heterocycles. The molecular weight excluding hydrogens is 373 g/mol. The molecule has 0 spiro atoms. The van der Waals surface area contributed by atoms with Crippen molar-refractivity contribution in [1.29, 1.82) is 0 Å². The topological polar surface area (TPSA) is 37.4 Å². The van der Waals surface area contributed by atoms with E-state index in [0.29, 0.717) is 5.69 Å². The van der Waals surface area contributed by atoms with Crippen molar-refractivity contribution >= 4 is 46.3 Å². The molecule has 0 saturated carbocycles. The molecule has 1 fully saturated rings. The van der Waals surface area contributed by atoms with Crippen LogP contribution in [0, 0.1) is 5.82 Å². The summed E-state index contributed by atoms with van der Waals surface area (Å²) in [7, 11) is 0. The van der Waals surface area contributed by atoms with Gasteiger partial charge in [0.1, 0.15) is 5.82 Å². The minimum Gasteiger partial charge on any atom is -0.268 e. The summed E-state index contributed by atoms with van der Waals surface area (Å²) in [6, 6.07) is 11.7. The number of benzene rings is 2. The first-order chi connectivity index (χ1) is 12.5. The number of halogens is 2. The van der Waals surface area contributed by atoms with Crippen LogP contribution >= 0.6 is 23.4 Å². The monoisotopic (exact) mass is 389 g/mol. The Balaban J connectivity index is 1.86. The van der Waals surface area contributed by atoms with Crippen molar-refractivity contribution in [3.05, 3.63) is 69.3 Å². The van der Waals surface area contributed by atoms with Crippen LogP contribution in [0.2, 0.25) is 5.02 Å². The van der Waals surface area contributed by atoms with Crippen molar-refractivity contribution in [3.63, 3.8) is 0 Å². The summed E-state index contributed by atoms with van der Waals surface area (Å²) >= 11 is 6.78. The molecule has 0 aliphatic carbocycles. The van der Waals surface area contributed by atoms with E-state index in [0.717, 1.165) is 41.5 Å². The van der Waals surface area contributed by atoms with Crippen LogP contribution in [-0.2, 0) is 11.2 Å². The van der Waals surface area contributed by atoms with Crippen LogP contribution in [0.1, 0.15) is 30.9 Å². The second-order valence-electron chi connectivity index (χ2n) is 5.92. The second-order valence-corrected chi connectivity index (χ2v) is 7.32. The molecule has 0 N–H and O–H groups in total. The van der Waals surface area contributed by atoms with Crippen molar-refractivity contribution in [3.8, 4) is 0 Å². The zero-order chi connectivity index (χ0) is 18.7. The molecular formula is C20H17ClFNO2S. The highest BCUT2D eigenvalue weighted by Gasteiger charge is 2.36. The largest absolute Gasteiger partial charge is 0.298 e. The number of anilines is 1. The van der Waals surface area contributed by atoms with Crippen molar-refractivity contribution in [1.82, 2.24) is 0 Å². The van der Waals surface area contributed by atoms with Crippen LogP contribution in [0.5, 0.6) is 0 Å². The van der Waals surface area contributed by atoms with E-state index in [-0.39, 0.29) is 15.5 Å². The molecule has 0 unspecified atom stereocenters. The van der Waals surface area contributed by atoms with Crippen molar-refractivity contribution in [2.45, 2.75) is 26.2 Å². The minimum atomic E-state index is -0.537. The van der Waals surface area contributed by atoms with E-state index >= 15 is 0 Å². The Morgan fingerprint density at radius 1 is 1.15 bits per heavy atom. The Bertz CT molecular complexity index is 860. The maximum atomic E-state index is 13.9. The maximum Gasteiger partial charge on any atom is 0.298 e. The highest BCUT2D eigenvalue weighted by Crippen LogP contribution is 2.37. The van der Waals surface area contributed by atoms with E-state index in [9.17, 15) is 14.0 Å². The fourth-order valence-corrected chi connectivity index (χ4v) is 3.70. The molecule has 0 bridgehead atoms. The Morgan fingerprint density at radius 3 is 2.54 bits per heavy atom. The first kappa shape index (κ1) is 18.7. The van der Waals surface area contributed by atoms with Crippen molar-refractivity contribution in [2.75, 3.05) is 4.90 Å². The van der Waals surface area contributed by atoms with Crippen LogP contribution in [0.4, 0.5) is 14.9 Å². The highest BCUT2D eigenvalue weighted by molar-refractivity contribution is 8.19. The maximum absolute atomic E-state index is 13.9. The summed E-state index contributed by atoms with van der Waals surface area (Å²) in [6.07, 6.45) is 4.49. The lowest BCUT2D eigenvalue weighted by atomic mass is 10.1. The zero-order valence-corrected chi connectivity index (χ0v) is 15.7. The molecule has 1 aliphatic heterocycles. The molecule has 2 amide bonds. The van der Waals surface area contributed by atoms with Gasteiger partial charge in [-0.25, -0.2) is 9.29 Å². The van der Waals surface area contributed by atoms with Crippen molar-refractivity contribution in [2.24, 2.45) is 0 Å². The predicted octanol–water partition coefficient (Wildman–Crippen LogP) is 6.06. The smallest absolute Gasteiger partial charge is 0.268 e. The number of carbonyl (C=O) groups excluding carboxylic acids is 2. The van der Waals surface area contributed by atoms with Gasteiger partial charge in [0.25, 0.3) is 11.1 Å². The molecule has 26 heavy (non-hydrogen) atoms. The summed E-state index contributed by atoms with van der Waals surface area (Å²) < 4.78 is 13.9. The van der Waals surface area contributed by atoms with Gasteiger partial charge in [-0.1, -0.05) is 43.1 Å². The van der Waals surface area contributed by atoms with Crippen LogP contribution in [-0.4, -0.2) is 11.1 Å². The number of amides is 2. The molecule has 1 aliphatic rings. The molecule has 6 heteroatoms. The number of aryl methyl sites for hydroxylation is 1. The number of imide groups is 1. The summed E-state index contributed by atoms with van der Waals surface area (Å²) in [4.78, 5) is 26.2. The van der Waals surface area contributed by atoms with E-state index in [1.807, 2.05) is 12.1 Å². The van der Waals surface area contributed by atoms with Gasteiger partial charge in [-0.05, 0) is 60.5 Å². The number of unbranched alkanes of at least 4 members (excludes halogenated alkanes) is 1. The van der Waals surface area contributed by atoms with Crippen molar-refractivity contribution < 1.29 is 14.0 Å². The third-order valence-corrected chi connectivity index (χ3v) is 5.28. The lowest BCUT2D eigenvalue weighted by Gasteiger charge is -2.13. The number of hydrogen-bond donors (Lipinski definition) is 0. The number of nitrogens with zero attached hydrogens (tertiary/aromatic N) is 1. The van der Waals surface area contributed by atoms with Gasteiger partial charge in [-0.3, -0.25) is 9.59 Å². The molecule has 134 valence electrons. The first-order valence-corrected chi connectivity index (χ1v) is 9.51. The number of rotatable bonds is 5.